The van der Waals surface area contributed by atoms with Gasteiger partial charge in [0.05, 0.1) is 6.04 Å². The number of likely N-dealkylation sites (tertiary alicyclic amines) is 1. The number of aromatic nitrogens is 2. The summed E-state index contributed by atoms with van der Waals surface area (Å²) in [4.78, 5) is 27.0. The van der Waals surface area contributed by atoms with Crippen LogP contribution in [0.5, 0.6) is 5.75 Å². The Morgan fingerprint density at radius 3 is 2.65 bits per heavy atom. The van der Waals surface area contributed by atoms with Crippen LogP contribution in [0.25, 0.3) is 0 Å². The summed E-state index contributed by atoms with van der Waals surface area (Å²) >= 11 is 7.08. The highest BCUT2D eigenvalue weighted by molar-refractivity contribution is 7.13. The average molecular weight is 457 g/mol. The second kappa shape index (κ2) is 9.45. The number of rotatable bonds is 6. The molecule has 3 aromatic rings. The zero-order valence-corrected chi connectivity index (χ0v) is 18.4. The minimum absolute atomic E-state index is 0.0717. The Morgan fingerprint density at radius 2 is 1.90 bits per heavy atom. The molecule has 1 aromatic heterocycles. The summed E-state index contributed by atoms with van der Waals surface area (Å²) in [5.74, 6) is 0.146. The van der Waals surface area contributed by atoms with E-state index in [0.29, 0.717) is 28.0 Å². The van der Waals surface area contributed by atoms with Crippen LogP contribution in [-0.2, 0) is 4.79 Å². The van der Waals surface area contributed by atoms with Gasteiger partial charge in [0.15, 0.2) is 6.61 Å². The van der Waals surface area contributed by atoms with E-state index in [1.165, 1.54) is 11.3 Å². The number of anilines is 1. The average Bonchev–Trinajstić information content (AvgIpc) is 3.44. The van der Waals surface area contributed by atoms with Gasteiger partial charge in [-0.05, 0) is 56.2 Å². The van der Waals surface area contributed by atoms with Gasteiger partial charge in [-0.1, -0.05) is 40.6 Å². The molecule has 2 heterocycles. The number of hydrogen-bond acceptors (Lipinski definition) is 6. The van der Waals surface area contributed by atoms with E-state index in [1.54, 1.807) is 29.2 Å². The molecule has 0 unspecified atom stereocenters. The zero-order chi connectivity index (χ0) is 21.8. The predicted octanol–water partition coefficient (Wildman–Crippen LogP) is 4.49. The first kappa shape index (κ1) is 21.3. The molecule has 1 fully saturated rings. The van der Waals surface area contributed by atoms with Crippen molar-refractivity contribution in [2.75, 3.05) is 18.5 Å². The number of amides is 2. The van der Waals surface area contributed by atoms with E-state index in [2.05, 4.69) is 15.5 Å². The van der Waals surface area contributed by atoms with Crippen molar-refractivity contribution in [2.45, 2.75) is 25.8 Å². The van der Waals surface area contributed by atoms with E-state index in [1.807, 2.05) is 31.2 Å². The Kier molecular flexibility index (Phi) is 6.48. The SMILES string of the molecule is Cc1ccc(NC(=O)c2nnc([C@H]3CCCN3C(=O)COc3ccc(Cl)cc3)s2)cc1. The summed E-state index contributed by atoms with van der Waals surface area (Å²) in [6.45, 7) is 2.54. The topological polar surface area (TPSA) is 84.4 Å². The Labute approximate surface area is 189 Å². The summed E-state index contributed by atoms with van der Waals surface area (Å²) in [6.07, 6.45) is 1.64. The molecule has 1 N–H and O–H groups in total. The zero-order valence-electron chi connectivity index (χ0n) is 16.9. The lowest BCUT2D eigenvalue weighted by Gasteiger charge is -2.22. The number of hydrogen-bond donors (Lipinski definition) is 1. The van der Waals surface area contributed by atoms with Crippen molar-refractivity contribution in [2.24, 2.45) is 0 Å². The van der Waals surface area contributed by atoms with Gasteiger partial charge in [-0.2, -0.15) is 0 Å². The van der Waals surface area contributed by atoms with Gasteiger partial charge < -0.3 is 15.0 Å². The van der Waals surface area contributed by atoms with Crippen molar-refractivity contribution in [3.63, 3.8) is 0 Å². The predicted molar refractivity (Wildman–Crippen MR) is 120 cm³/mol. The lowest BCUT2D eigenvalue weighted by Crippen LogP contribution is -2.34. The first-order valence-electron chi connectivity index (χ1n) is 9.89. The van der Waals surface area contributed by atoms with Crippen LogP contribution in [-0.4, -0.2) is 40.1 Å². The van der Waals surface area contributed by atoms with Crippen molar-refractivity contribution >= 4 is 40.4 Å². The van der Waals surface area contributed by atoms with Crippen molar-refractivity contribution in [1.29, 1.82) is 0 Å². The third-order valence-electron chi connectivity index (χ3n) is 4.98. The Hall–Kier alpha value is -2.97. The lowest BCUT2D eigenvalue weighted by atomic mass is 10.2. The molecule has 1 atom stereocenters. The van der Waals surface area contributed by atoms with Crippen molar-refractivity contribution < 1.29 is 14.3 Å². The molecule has 0 spiro atoms. The number of aryl methyl sites for hydroxylation is 1. The normalized spacial score (nSPS) is 15.7. The van der Waals surface area contributed by atoms with E-state index < -0.39 is 0 Å². The molecule has 7 nitrogen and oxygen atoms in total. The van der Waals surface area contributed by atoms with Gasteiger partial charge in [0.2, 0.25) is 5.01 Å². The van der Waals surface area contributed by atoms with E-state index in [-0.39, 0.29) is 29.5 Å². The second-order valence-electron chi connectivity index (χ2n) is 7.25. The van der Waals surface area contributed by atoms with Crippen LogP contribution in [0.3, 0.4) is 0 Å². The first-order chi connectivity index (χ1) is 15.0. The molecule has 0 radical (unpaired) electrons. The molecular weight excluding hydrogens is 436 g/mol. The number of carbonyl (C=O) groups is 2. The molecule has 0 bridgehead atoms. The summed E-state index contributed by atoms with van der Waals surface area (Å²) < 4.78 is 5.59. The van der Waals surface area contributed by atoms with Gasteiger partial charge in [-0.3, -0.25) is 9.59 Å². The summed E-state index contributed by atoms with van der Waals surface area (Å²) in [5, 5.41) is 12.6. The minimum atomic E-state index is -0.311. The Bertz CT molecular complexity index is 1070. The largest absolute Gasteiger partial charge is 0.484 e. The standard InChI is InChI=1S/C22H21ClN4O3S/c1-14-4-8-16(9-5-14)24-20(29)22-26-25-21(31-22)18-3-2-12-27(18)19(28)13-30-17-10-6-15(23)7-11-17/h4-11,18H,2-3,12-13H2,1H3,(H,24,29)/t18-/m1/s1. The maximum atomic E-state index is 12.7. The maximum absolute atomic E-state index is 12.7. The number of benzene rings is 2. The number of ether oxygens (including phenoxy) is 1. The molecule has 1 aliphatic heterocycles. The Morgan fingerprint density at radius 1 is 1.16 bits per heavy atom. The fraction of sp³-hybridized carbons (Fsp3) is 0.273. The third kappa shape index (κ3) is 5.21. The van der Waals surface area contributed by atoms with Gasteiger partial charge in [-0.15, -0.1) is 10.2 Å². The van der Waals surface area contributed by atoms with E-state index in [4.69, 9.17) is 16.3 Å². The number of nitrogens with one attached hydrogen (secondary N) is 1. The molecular formula is C22H21ClN4O3S. The van der Waals surface area contributed by atoms with Crippen LogP contribution in [0.1, 0.15) is 39.3 Å². The monoisotopic (exact) mass is 456 g/mol. The smallest absolute Gasteiger partial charge is 0.286 e. The van der Waals surface area contributed by atoms with E-state index >= 15 is 0 Å². The maximum Gasteiger partial charge on any atom is 0.286 e. The highest BCUT2D eigenvalue weighted by Crippen LogP contribution is 2.34. The van der Waals surface area contributed by atoms with Crippen molar-refractivity contribution in [1.82, 2.24) is 15.1 Å². The first-order valence-corrected chi connectivity index (χ1v) is 11.1. The molecule has 9 heteroatoms. The number of halogens is 1. The molecule has 2 aromatic carbocycles. The quantitative estimate of drug-likeness (QED) is 0.590. The van der Waals surface area contributed by atoms with Gasteiger partial charge in [-0.25, -0.2) is 0 Å². The fourth-order valence-corrected chi connectivity index (χ4v) is 4.38. The molecule has 0 saturated carbocycles. The van der Waals surface area contributed by atoms with Crippen LogP contribution in [0.4, 0.5) is 5.69 Å². The van der Waals surface area contributed by atoms with Crippen LogP contribution in [0.15, 0.2) is 48.5 Å². The van der Waals surface area contributed by atoms with Gasteiger partial charge in [0.1, 0.15) is 10.8 Å². The molecule has 160 valence electrons. The molecule has 1 aliphatic rings. The molecule has 4 rings (SSSR count). The number of carbonyl (C=O) groups excluding carboxylic acids is 2. The third-order valence-corrected chi connectivity index (χ3v) is 6.25. The number of nitrogens with zero attached hydrogens (tertiary/aromatic N) is 3. The highest BCUT2D eigenvalue weighted by atomic mass is 35.5. The van der Waals surface area contributed by atoms with E-state index in [9.17, 15) is 9.59 Å². The lowest BCUT2D eigenvalue weighted by molar-refractivity contribution is -0.134. The van der Waals surface area contributed by atoms with Crippen molar-refractivity contribution in [3.8, 4) is 5.75 Å². The molecule has 2 amide bonds. The van der Waals surface area contributed by atoms with Gasteiger partial charge >= 0.3 is 0 Å². The molecule has 1 saturated heterocycles. The van der Waals surface area contributed by atoms with Crippen LogP contribution in [0.2, 0.25) is 5.02 Å². The highest BCUT2D eigenvalue weighted by Gasteiger charge is 2.33. The van der Waals surface area contributed by atoms with E-state index in [0.717, 1.165) is 18.4 Å². The van der Waals surface area contributed by atoms with Crippen LogP contribution < -0.4 is 10.1 Å². The van der Waals surface area contributed by atoms with Crippen LogP contribution >= 0.6 is 22.9 Å². The van der Waals surface area contributed by atoms with Crippen LogP contribution in [0, 0.1) is 6.92 Å². The molecule has 31 heavy (non-hydrogen) atoms. The molecule has 0 aliphatic carbocycles. The summed E-state index contributed by atoms with van der Waals surface area (Å²) in [6, 6.07) is 14.2. The summed E-state index contributed by atoms with van der Waals surface area (Å²) in [7, 11) is 0. The fourth-order valence-electron chi connectivity index (χ4n) is 3.36. The van der Waals surface area contributed by atoms with Crippen molar-refractivity contribution in [3.05, 3.63) is 69.1 Å². The summed E-state index contributed by atoms with van der Waals surface area (Å²) in [5.41, 5.74) is 1.81. The van der Waals surface area contributed by atoms with Gasteiger partial charge in [0.25, 0.3) is 11.8 Å². The second-order valence-corrected chi connectivity index (χ2v) is 8.70. The minimum Gasteiger partial charge on any atom is -0.484 e. The Balaban J connectivity index is 1.38. The van der Waals surface area contributed by atoms with Gasteiger partial charge in [0, 0.05) is 17.3 Å².